The molecule has 0 radical (unpaired) electrons. The van der Waals surface area contributed by atoms with Crippen LogP contribution < -0.4 is 9.47 Å². The van der Waals surface area contributed by atoms with Crippen molar-refractivity contribution in [1.29, 1.82) is 0 Å². The molecular weight excluding hydrogens is 468 g/mol. The first-order valence-electron chi connectivity index (χ1n) is 12.4. The van der Waals surface area contributed by atoms with Crippen LogP contribution >= 0.6 is 0 Å². The van der Waals surface area contributed by atoms with Crippen LogP contribution in [0.3, 0.4) is 0 Å². The predicted octanol–water partition coefficient (Wildman–Crippen LogP) is 2.72. The first-order valence-corrected chi connectivity index (χ1v) is 13.9. The van der Waals surface area contributed by atoms with E-state index in [1.165, 1.54) is 0 Å². The second-order valence-corrected chi connectivity index (χ2v) is 10.7. The number of benzene rings is 2. The lowest BCUT2D eigenvalue weighted by molar-refractivity contribution is 0.0357. The number of nitrogens with zero attached hydrogens (tertiary/aromatic N) is 2. The molecule has 2 aromatic rings. The molecule has 0 aliphatic carbocycles. The third-order valence-corrected chi connectivity index (χ3v) is 8.04. The van der Waals surface area contributed by atoms with E-state index in [-0.39, 0.29) is 9.79 Å². The molecular formula is C26H36N2O6S. The Morgan fingerprint density at radius 1 is 0.629 bits per heavy atom. The van der Waals surface area contributed by atoms with E-state index >= 15 is 0 Å². The van der Waals surface area contributed by atoms with Gasteiger partial charge in [-0.05, 0) is 61.4 Å². The Labute approximate surface area is 208 Å². The fourth-order valence-corrected chi connectivity index (χ4v) is 5.43. The Morgan fingerprint density at radius 3 is 1.37 bits per heavy atom. The zero-order chi connectivity index (χ0) is 24.3. The van der Waals surface area contributed by atoms with Crippen LogP contribution in [-0.2, 0) is 19.3 Å². The highest BCUT2D eigenvalue weighted by Gasteiger charge is 2.18. The van der Waals surface area contributed by atoms with E-state index in [0.29, 0.717) is 24.7 Å². The number of morpholine rings is 2. The van der Waals surface area contributed by atoms with Crippen molar-refractivity contribution in [2.75, 3.05) is 78.9 Å². The number of hydrogen-bond acceptors (Lipinski definition) is 8. The van der Waals surface area contributed by atoms with Gasteiger partial charge >= 0.3 is 0 Å². The Bertz CT molecular complexity index is 910. The molecule has 2 aromatic carbocycles. The topological polar surface area (TPSA) is 77.5 Å². The van der Waals surface area contributed by atoms with Crippen LogP contribution in [0.2, 0.25) is 0 Å². The maximum atomic E-state index is 13.0. The van der Waals surface area contributed by atoms with E-state index in [9.17, 15) is 8.42 Å². The van der Waals surface area contributed by atoms with Crippen LogP contribution in [0.15, 0.2) is 58.3 Å². The minimum Gasteiger partial charge on any atom is -0.494 e. The third-order valence-electron chi connectivity index (χ3n) is 6.25. The first kappa shape index (κ1) is 25.9. The molecule has 2 saturated heterocycles. The van der Waals surface area contributed by atoms with Crippen LogP contribution in [0.1, 0.15) is 12.8 Å². The average molecular weight is 505 g/mol. The van der Waals surface area contributed by atoms with E-state index in [2.05, 4.69) is 9.80 Å². The summed E-state index contributed by atoms with van der Waals surface area (Å²) in [5.74, 6) is 1.35. The van der Waals surface area contributed by atoms with Gasteiger partial charge in [-0.25, -0.2) is 8.42 Å². The third kappa shape index (κ3) is 7.91. The SMILES string of the molecule is O=S(=O)(c1ccc(OCCCN2CCOCC2)cc1)c1ccc(OCCCN2CCOCC2)cc1. The summed E-state index contributed by atoms with van der Waals surface area (Å²) >= 11 is 0. The minimum atomic E-state index is -3.60. The molecule has 0 saturated carbocycles. The molecule has 2 aliphatic heterocycles. The molecule has 8 nitrogen and oxygen atoms in total. The molecule has 0 unspecified atom stereocenters. The van der Waals surface area contributed by atoms with Crippen molar-refractivity contribution in [3.05, 3.63) is 48.5 Å². The van der Waals surface area contributed by atoms with E-state index in [4.69, 9.17) is 18.9 Å². The summed E-state index contributed by atoms with van der Waals surface area (Å²) in [6.07, 6.45) is 1.84. The van der Waals surface area contributed by atoms with Gasteiger partial charge in [0.25, 0.3) is 0 Å². The van der Waals surface area contributed by atoms with Crippen LogP contribution in [0.5, 0.6) is 11.5 Å². The fraction of sp³-hybridized carbons (Fsp3) is 0.538. The van der Waals surface area contributed by atoms with Crippen LogP contribution in [0, 0.1) is 0 Å². The molecule has 192 valence electrons. The lowest BCUT2D eigenvalue weighted by atomic mass is 10.3. The van der Waals surface area contributed by atoms with E-state index in [1.807, 2.05) is 0 Å². The van der Waals surface area contributed by atoms with Crippen molar-refractivity contribution in [3.8, 4) is 11.5 Å². The van der Waals surface area contributed by atoms with Crippen LogP contribution in [0.4, 0.5) is 0 Å². The monoisotopic (exact) mass is 504 g/mol. The normalized spacial score (nSPS) is 17.8. The zero-order valence-electron chi connectivity index (χ0n) is 20.3. The highest BCUT2D eigenvalue weighted by molar-refractivity contribution is 7.91. The predicted molar refractivity (Wildman–Crippen MR) is 133 cm³/mol. The van der Waals surface area contributed by atoms with Crippen LogP contribution in [0.25, 0.3) is 0 Å². The summed E-state index contributed by atoms with van der Waals surface area (Å²) in [4.78, 5) is 5.23. The summed E-state index contributed by atoms with van der Waals surface area (Å²) in [7, 11) is -3.60. The first-order chi connectivity index (χ1) is 17.1. The summed E-state index contributed by atoms with van der Waals surface area (Å²) in [6, 6.07) is 13.3. The second kappa shape index (κ2) is 13.2. The highest BCUT2D eigenvalue weighted by Crippen LogP contribution is 2.25. The molecule has 2 aliphatic rings. The van der Waals surface area contributed by atoms with Crippen molar-refractivity contribution in [3.63, 3.8) is 0 Å². The minimum absolute atomic E-state index is 0.248. The van der Waals surface area contributed by atoms with Crippen molar-refractivity contribution in [1.82, 2.24) is 9.80 Å². The van der Waals surface area contributed by atoms with Crippen molar-refractivity contribution in [2.24, 2.45) is 0 Å². The van der Waals surface area contributed by atoms with Gasteiger partial charge in [0.05, 0.1) is 49.4 Å². The van der Waals surface area contributed by atoms with Gasteiger partial charge in [0.2, 0.25) is 9.84 Å². The highest BCUT2D eigenvalue weighted by atomic mass is 32.2. The molecule has 4 rings (SSSR count). The summed E-state index contributed by atoms with van der Waals surface area (Å²) < 4.78 is 48.3. The quantitative estimate of drug-likeness (QED) is 0.409. The number of hydrogen-bond donors (Lipinski definition) is 0. The Balaban J connectivity index is 1.21. The summed E-state index contributed by atoms with van der Waals surface area (Å²) in [5, 5.41) is 0. The Kier molecular flexibility index (Phi) is 9.79. The number of ether oxygens (including phenoxy) is 4. The van der Waals surface area contributed by atoms with Gasteiger partial charge in [-0.2, -0.15) is 0 Å². The van der Waals surface area contributed by atoms with E-state index < -0.39 is 9.84 Å². The number of sulfone groups is 1. The van der Waals surface area contributed by atoms with E-state index in [0.717, 1.165) is 78.5 Å². The molecule has 0 atom stereocenters. The van der Waals surface area contributed by atoms with E-state index in [1.54, 1.807) is 48.5 Å². The molecule has 0 bridgehead atoms. The largest absolute Gasteiger partial charge is 0.494 e. The Hall–Kier alpha value is -2.17. The van der Waals surface area contributed by atoms with Gasteiger partial charge in [0.1, 0.15) is 11.5 Å². The Morgan fingerprint density at radius 2 is 1.00 bits per heavy atom. The maximum Gasteiger partial charge on any atom is 0.206 e. The molecule has 2 heterocycles. The molecule has 35 heavy (non-hydrogen) atoms. The molecule has 0 N–H and O–H groups in total. The zero-order valence-corrected chi connectivity index (χ0v) is 21.1. The van der Waals surface area contributed by atoms with Gasteiger partial charge in [0.15, 0.2) is 0 Å². The van der Waals surface area contributed by atoms with Crippen molar-refractivity contribution in [2.45, 2.75) is 22.6 Å². The maximum absolute atomic E-state index is 13.0. The van der Waals surface area contributed by atoms with Crippen LogP contribution in [-0.4, -0.2) is 97.1 Å². The molecule has 0 spiro atoms. The average Bonchev–Trinajstić information content (AvgIpc) is 2.91. The lowest BCUT2D eigenvalue weighted by Gasteiger charge is -2.26. The summed E-state index contributed by atoms with van der Waals surface area (Å²) in [6.45, 7) is 10.2. The van der Waals surface area contributed by atoms with Crippen molar-refractivity contribution < 1.29 is 27.4 Å². The van der Waals surface area contributed by atoms with Gasteiger partial charge in [0, 0.05) is 39.3 Å². The smallest absolute Gasteiger partial charge is 0.206 e. The fourth-order valence-electron chi connectivity index (χ4n) is 4.17. The molecule has 0 amide bonds. The van der Waals surface area contributed by atoms with Crippen molar-refractivity contribution >= 4 is 9.84 Å². The van der Waals surface area contributed by atoms with Gasteiger partial charge in [-0.15, -0.1) is 0 Å². The standard InChI is InChI=1S/C26H36N2O6S/c29-35(30,25-7-3-23(4-8-25)33-17-1-11-27-13-19-31-20-14-27)26-9-5-24(6-10-26)34-18-2-12-28-15-21-32-22-16-28/h3-10H,1-2,11-22H2. The lowest BCUT2D eigenvalue weighted by Crippen LogP contribution is -2.37. The van der Waals surface area contributed by atoms with Gasteiger partial charge in [-0.1, -0.05) is 0 Å². The molecule has 9 heteroatoms. The van der Waals surface area contributed by atoms with Gasteiger partial charge < -0.3 is 18.9 Å². The van der Waals surface area contributed by atoms with Gasteiger partial charge in [-0.3, -0.25) is 9.80 Å². The second-order valence-electron chi connectivity index (χ2n) is 8.76. The molecule has 0 aromatic heterocycles. The summed E-state index contributed by atoms with van der Waals surface area (Å²) in [5.41, 5.74) is 0. The number of rotatable bonds is 12. The molecule has 2 fully saturated rings.